The minimum absolute atomic E-state index is 0. The maximum Gasteiger partial charge on any atom is 1.00 e. The Hall–Kier alpha value is 0.940. The third kappa shape index (κ3) is 86.8. The summed E-state index contributed by atoms with van der Waals surface area (Å²) in [4.78, 5) is 7.75. The molecule has 0 aromatic carbocycles. The van der Waals surface area contributed by atoms with Gasteiger partial charge in [-0.3, -0.25) is 6.79 Å². The molecule has 0 fully saturated rings. The molecule has 0 spiro atoms. The Bertz CT molecular complexity index is 14.8. The zero-order valence-electron chi connectivity index (χ0n) is 3.29. The van der Waals surface area contributed by atoms with Crippen LogP contribution in [-0.2, 0) is 4.79 Å². The molecule has 0 atom stereocenters. The number of hydrogen-bond donors (Lipinski definition) is 2. The second-order valence-electron chi connectivity index (χ2n) is 0.0816. The van der Waals surface area contributed by atoms with E-state index in [1.165, 1.54) is 0 Å². The molecule has 0 aliphatic carbocycles. The molecule has 2 N–H and O–H groups in total. The first-order valence-electron chi connectivity index (χ1n) is 0.601. The Morgan fingerprint density at radius 1 is 1.33 bits per heavy atom. The molecule has 0 amide bonds. The average molecular weight is 118 g/mol. The van der Waals surface area contributed by atoms with Gasteiger partial charge < -0.3 is 13.9 Å². The van der Waals surface area contributed by atoms with E-state index in [1.54, 1.807) is 0 Å². The fraction of sp³-hybridized carbons (Fsp3) is 0. The van der Waals surface area contributed by atoms with E-state index in [4.69, 9.17) is 13.9 Å². The molecular weight excluding hydrogens is 115 g/mol. The zero-order chi connectivity index (χ0) is 4.71. The van der Waals surface area contributed by atoms with E-state index in [2.05, 4.69) is 6.79 Å². The zero-order valence-corrected chi connectivity index (χ0v) is 6.10. The predicted molar refractivity (Wildman–Crippen MR) is 19.6 cm³/mol. The maximum atomic E-state index is 7.75. The molecule has 6 heavy (non-hydrogen) atoms. The molecule has 0 saturated carbocycles. The van der Waals surface area contributed by atoms with Gasteiger partial charge in [0.15, 0.2) is 12.3 Å². The van der Waals surface area contributed by atoms with Gasteiger partial charge in [-0.25, -0.2) is 0 Å². The summed E-state index contributed by atoms with van der Waals surface area (Å²) in [6.07, 6.45) is 0. The number of hydrogen-bond acceptors (Lipinski definition) is 4. The molecule has 0 aliphatic heterocycles. The van der Waals surface area contributed by atoms with Crippen molar-refractivity contribution in [3.8, 4) is 0 Å². The van der Waals surface area contributed by atoms with Gasteiger partial charge >= 0.3 is 29.6 Å². The van der Waals surface area contributed by atoms with Crippen molar-refractivity contribution < 1.29 is 43.5 Å². The molecule has 0 aromatic heterocycles. The quantitative estimate of drug-likeness (QED) is 0.158. The van der Waals surface area contributed by atoms with Crippen molar-refractivity contribution in [2.75, 3.05) is 0 Å². The van der Waals surface area contributed by atoms with Crippen LogP contribution in [0.5, 0.6) is 0 Å². The van der Waals surface area contributed by atoms with Crippen LogP contribution in [0.2, 0.25) is 0 Å². The first-order chi connectivity index (χ1) is 2.41. The van der Waals surface area contributed by atoms with Gasteiger partial charge in [0, 0.05) is 0 Å². The topological polar surface area (TPSA) is 57.5 Å². The van der Waals surface area contributed by atoms with E-state index < -0.39 is 0 Å². The van der Waals surface area contributed by atoms with Crippen molar-refractivity contribution in [3.05, 3.63) is 0 Å². The van der Waals surface area contributed by atoms with Gasteiger partial charge in [0.25, 0.3) is 0 Å². The second-order valence-corrected chi connectivity index (χ2v) is 0.245. The van der Waals surface area contributed by atoms with Gasteiger partial charge in [0.05, 0.1) is 0 Å². The summed E-state index contributed by atoms with van der Waals surface area (Å²) in [5.41, 5.74) is 0. The number of rotatable bonds is 0. The summed E-state index contributed by atoms with van der Waals surface area (Å²) in [5.74, 6) is 0. The first-order valence-corrected chi connectivity index (χ1v) is 1.33. The van der Waals surface area contributed by atoms with Crippen LogP contribution in [0.3, 0.4) is 0 Å². The Balaban J connectivity index is -0.0000000275. The maximum absolute atomic E-state index is 7.75. The third-order valence-electron chi connectivity index (χ3n) is 0. The van der Waals surface area contributed by atoms with Crippen LogP contribution in [0.4, 0.5) is 0 Å². The molecular formula is CH3NaO3S. The molecule has 0 aromatic rings. The molecule has 0 unspecified atom stereocenters. The normalized spacial score (nSPS) is 3.67. The standard InChI is InChI=1S/CHO.Na.H2O2S/c1-2;;1-3-2/h1H;;1-2H/q-1;+1;. The van der Waals surface area contributed by atoms with Crippen molar-refractivity contribution in [2.24, 2.45) is 0 Å². The molecule has 3 nitrogen and oxygen atoms in total. The van der Waals surface area contributed by atoms with Crippen LogP contribution < -0.4 is 29.6 Å². The number of carbonyl (C=O) groups excluding carboxylic acids is 1. The molecule has 0 radical (unpaired) electrons. The Labute approximate surface area is 62.4 Å². The van der Waals surface area contributed by atoms with E-state index in [0.29, 0.717) is 0 Å². The van der Waals surface area contributed by atoms with Gasteiger partial charge in [-0.2, -0.15) is 0 Å². The molecule has 0 bridgehead atoms. The summed E-state index contributed by atoms with van der Waals surface area (Å²) in [6.45, 7) is 3.25. The van der Waals surface area contributed by atoms with Crippen LogP contribution in [0.25, 0.3) is 0 Å². The Morgan fingerprint density at radius 2 is 1.33 bits per heavy atom. The Morgan fingerprint density at radius 3 is 1.33 bits per heavy atom. The fourth-order valence-corrected chi connectivity index (χ4v) is 0. The summed E-state index contributed by atoms with van der Waals surface area (Å²) < 4.78 is 14.1. The van der Waals surface area contributed by atoms with Gasteiger partial charge in [-0.1, -0.05) is 0 Å². The first kappa shape index (κ1) is 15.8. The van der Waals surface area contributed by atoms with Crippen molar-refractivity contribution >= 4 is 19.1 Å². The minimum Gasteiger partial charge on any atom is -0.545 e. The molecule has 0 rings (SSSR count). The minimum atomic E-state index is -0.250. The monoisotopic (exact) mass is 118 g/mol. The molecule has 0 saturated heterocycles. The fourth-order valence-electron chi connectivity index (χ4n) is 0. The van der Waals surface area contributed by atoms with Crippen molar-refractivity contribution in [2.45, 2.75) is 0 Å². The molecule has 32 valence electrons. The average Bonchev–Trinajstić information content (AvgIpc) is 1.46. The third-order valence-corrected chi connectivity index (χ3v) is 0. The van der Waals surface area contributed by atoms with Crippen LogP contribution in [-0.4, -0.2) is 15.9 Å². The van der Waals surface area contributed by atoms with Gasteiger partial charge in [-0.05, 0) is 0 Å². The Kier molecular flexibility index (Phi) is 101. The van der Waals surface area contributed by atoms with Gasteiger partial charge in [0.2, 0.25) is 0 Å². The van der Waals surface area contributed by atoms with E-state index in [9.17, 15) is 0 Å². The summed E-state index contributed by atoms with van der Waals surface area (Å²) in [7, 11) is 0. The smallest absolute Gasteiger partial charge is 0.545 e. The summed E-state index contributed by atoms with van der Waals surface area (Å²) >= 11 is -0.250. The molecule has 0 heterocycles. The van der Waals surface area contributed by atoms with Crippen molar-refractivity contribution in [1.82, 2.24) is 0 Å². The van der Waals surface area contributed by atoms with Crippen LogP contribution in [0.1, 0.15) is 0 Å². The van der Waals surface area contributed by atoms with E-state index >= 15 is 0 Å². The van der Waals surface area contributed by atoms with E-state index in [0.717, 1.165) is 0 Å². The van der Waals surface area contributed by atoms with E-state index in [-0.39, 0.29) is 41.9 Å². The largest absolute Gasteiger partial charge is 1.00 e. The van der Waals surface area contributed by atoms with Crippen molar-refractivity contribution in [1.29, 1.82) is 0 Å². The van der Waals surface area contributed by atoms with Crippen molar-refractivity contribution in [3.63, 3.8) is 0 Å². The second kappa shape index (κ2) is 38.5. The SMILES string of the molecule is OSO.[CH-]=O.[Na+]. The van der Waals surface area contributed by atoms with E-state index in [1.807, 2.05) is 0 Å². The van der Waals surface area contributed by atoms with Gasteiger partial charge in [-0.15, -0.1) is 0 Å². The van der Waals surface area contributed by atoms with Crippen LogP contribution >= 0.6 is 12.3 Å². The molecule has 0 aliphatic rings. The summed E-state index contributed by atoms with van der Waals surface area (Å²) in [5, 5.41) is 0. The predicted octanol–water partition coefficient (Wildman–Crippen LogP) is -2.60. The van der Waals surface area contributed by atoms with Crippen LogP contribution in [0, 0.1) is 0 Å². The summed E-state index contributed by atoms with van der Waals surface area (Å²) in [6, 6.07) is 0. The van der Waals surface area contributed by atoms with Crippen LogP contribution in [0.15, 0.2) is 0 Å². The molecule has 5 heteroatoms. The van der Waals surface area contributed by atoms with Gasteiger partial charge in [0.1, 0.15) is 0 Å².